The zero-order valence-electron chi connectivity index (χ0n) is 9.23. The summed E-state index contributed by atoms with van der Waals surface area (Å²) in [6.07, 6.45) is 0. The van der Waals surface area contributed by atoms with Crippen LogP contribution in [0.4, 0.5) is 11.8 Å². The molecule has 4 nitrogen and oxygen atoms in total. The third-order valence-corrected chi connectivity index (χ3v) is 3.07. The molecule has 18 heavy (non-hydrogen) atoms. The lowest BCUT2D eigenvalue weighted by Gasteiger charge is -2.10. The first kappa shape index (κ1) is 15.2. The highest BCUT2D eigenvalue weighted by molar-refractivity contribution is 9.08. The Kier molecular flexibility index (Phi) is 5.37. The summed E-state index contributed by atoms with van der Waals surface area (Å²) in [5, 5.41) is 1.23. The van der Waals surface area contributed by atoms with Crippen molar-refractivity contribution in [2.45, 2.75) is 5.33 Å². The maximum Gasteiger partial charge on any atom is 0.222 e. The molecule has 1 aromatic heterocycles. The fraction of sp³-hybridized carbons (Fsp3) is 0.0909. The van der Waals surface area contributed by atoms with Crippen molar-refractivity contribution in [3.63, 3.8) is 0 Å². The monoisotopic (exact) mass is 392 g/mol. The van der Waals surface area contributed by atoms with Crippen LogP contribution in [0.15, 0.2) is 24.3 Å². The molecule has 7 heteroatoms. The average Bonchev–Trinajstić information content (AvgIpc) is 2.30. The van der Waals surface area contributed by atoms with Gasteiger partial charge in [-0.15, -0.1) is 17.0 Å². The number of anilines is 2. The minimum atomic E-state index is 0. The number of alkyl halides is 1. The molecule has 0 amide bonds. The number of rotatable bonds is 2. The normalized spacial score (nSPS) is 9.89. The van der Waals surface area contributed by atoms with Crippen LogP contribution >= 0.6 is 44.5 Å². The van der Waals surface area contributed by atoms with Crippen molar-refractivity contribution in [1.29, 1.82) is 0 Å². The molecule has 1 heterocycles. The first-order valence-corrected chi connectivity index (χ1v) is 6.35. The molecule has 0 fully saturated rings. The third-order valence-electron chi connectivity index (χ3n) is 2.29. The van der Waals surface area contributed by atoms with Crippen molar-refractivity contribution in [2.24, 2.45) is 0 Å². The number of nitrogens with two attached hydrogens (primary N) is 2. The van der Waals surface area contributed by atoms with Crippen LogP contribution in [-0.2, 0) is 5.33 Å². The summed E-state index contributed by atoms with van der Waals surface area (Å²) in [6, 6.07) is 7.34. The Labute approximate surface area is 129 Å². The Morgan fingerprint density at radius 2 is 1.72 bits per heavy atom. The molecule has 0 atom stereocenters. The lowest BCUT2D eigenvalue weighted by molar-refractivity contribution is 1.12. The number of nitrogen functional groups attached to an aromatic ring is 2. The molecular formula is C11H11Br2ClN4. The Balaban J connectivity index is 0.00000162. The first-order valence-electron chi connectivity index (χ1n) is 4.85. The number of aromatic nitrogens is 2. The molecule has 0 aliphatic rings. The van der Waals surface area contributed by atoms with Crippen molar-refractivity contribution < 1.29 is 0 Å². The molecule has 4 N–H and O–H groups in total. The van der Waals surface area contributed by atoms with Gasteiger partial charge in [-0.25, -0.2) is 4.98 Å². The van der Waals surface area contributed by atoms with Crippen LogP contribution in [0.5, 0.6) is 0 Å². The fourth-order valence-electron chi connectivity index (χ4n) is 1.57. The van der Waals surface area contributed by atoms with E-state index in [1.165, 1.54) is 0 Å². The third kappa shape index (κ3) is 3.13. The van der Waals surface area contributed by atoms with Crippen molar-refractivity contribution in [3.05, 3.63) is 35.0 Å². The van der Waals surface area contributed by atoms with E-state index >= 15 is 0 Å². The molecule has 2 aromatic rings. The fourth-order valence-corrected chi connectivity index (χ4v) is 2.11. The van der Waals surface area contributed by atoms with E-state index in [0.29, 0.717) is 16.2 Å². The SMILES string of the molecule is Br.Nc1nc(N)c(-c2ccc(Cl)cc2)c(CBr)n1. The largest absolute Gasteiger partial charge is 0.383 e. The van der Waals surface area contributed by atoms with Gasteiger partial charge in [0.15, 0.2) is 0 Å². The maximum atomic E-state index is 5.88. The summed E-state index contributed by atoms with van der Waals surface area (Å²) in [4.78, 5) is 8.13. The lowest BCUT2D eigenvalue weighted by atomic mass is 10.1. The average molecular weight is 394 g/mol. The zero-order valence-corrected chi connectivity index (χ0v) is 13.3. The van der Waals surface area contributed by atoms with E-state index in [0.717, 1.165) is 16.8 Å². The van der Waals surface area contributed by atoms with Gasteiger partial charge in [-0.2, -0.15) is 4.98 Å². The van der Waals surface area contributed by atoms with E-state index in [1.807, 2.05) is 12.1 Å². The predicted octanol–water partition coefficient (Wildman–Crippen LogP) is 3.43. The van der Waals surface area contributed by atoms with Gasteiger partial charge in [0.2, 0.25) is 5.95 Å². The van der Waals surface area contributed by atoms with Crippen molar-refractivity contribution >= 4 is 56.3 Å². The van der Waals surface area contributed by atoms with Crippen LogP contribution in [0.2, 0.25) is 5.02 Å². The highest BCUT2D eigenvalue weighted by atomic mass is 79.9. The quantitative estimate of drug-likeness (QED) is 0.765. The van der Waals surface area contributed by atoms with Gasteiger partial charge in [-0.1, -0.05) is 39.7 Å². The topological polar surface area (TPSA) is 77.8 Å². The molecular weight excluding hydrogens is 383 g/mol. The van der Waals surface area contributed by atoms with Crippen LogP contribution in [0.1, 0.15) is 5.69 Å². The minimum absolute atomic E-state index is 0. The maximum absolute atomic E-state index is 5.88. The van der Waals surface area contributed by atoms with Gasteiger partial charge in [0.1, 0.15) is 5.82 Å². The predicted molar refractivity (Wildman–Crippen MR) is 84.3 cm³/mol. The van der Waals surface area contributed by atoms with Gasteiger partial charge in [0.05, 0.1) is 5.69 Å². The summed E-state index contributed by atoms with van der Waals surface area (Å²) in [7, 11) is 0. The molecule has 96 valence electrons. The van der Waals surface area contributed by atoms with Crippen molar-refractivity contribution in [1.82, 2.24) is 9.97 Å². The summed E-state index contributed by atoms with van der Waals surface area (Å²) in [5.74, 6) is 0.545. The van der Waals surface area contributed by atoms with Crippen molar-refractivity contribution in [3.8, 4) is 11.1 Å². The number of nitrogens with zero attached hydrogens (tertiary/aromatic N) is 2. The zero-order chi connectivity index (χ0) is 12.4. The van der Waals surface area contributed by atoms with E-state index in [9.17, 15) is 0 Å². The van der Waals surface area contributed by atoms with Gasteiger partial charge in [-0.3, -0.25) is 0 Å². The van der Waals surface area contributed by atoms with Gasteiger partial charge in [0, 0.05) is 15.9 Å². The standard InChI is InChI=1S/C11H10BrClN4.BrH/c12-5-8-9(10(14)17-11(15)16-8)6-1-3-7(13)4-2-6;/h1-4H,5H2,(H4,14,15,16,17);1H. The van der Waals surface area contributed by atoms with Gasteiger partial charge >= 0.3 is 0 Å². The Bertz CT molecular complexity index is 545. The summed E-state index contributed by atoms with van der Waals surface area (Å²) >= 11 is 9.21. The minimum Gasteiger partial charge on any atom is -0.383 e. The molecule has 1 aromatic carbocycles. The van der Waals surface area contributed by atoms with Gasteiger partial charge in [-0.05, 0) is 17.7 Å². The molecule has 0 saturated heterocycles. The lowest BCUT2D eigenvalue weighted by Crippen LogP contribution is -2.05. The molecule has 0 spiro atoms. The number of hydrogen-bond donors (Lipinski definition) is 2. The van der Waals surface area contributed by atoms with Crippen LogP contribution in [0, 0.1) is 0 Å². The van der Waals surface area contributed by atoms with E-state index in [1.54, 1.807) is 12.1 Å². The van der Waals surface area contributed by atoms with E-state index in [-0.39, 0.29) is 22.9 Å². The summed E-state index contributed by atoms with van der Waals surface area (Å²) in [6.45, 7) is 0. The molecule has 0 saturated carbocycles. The second-order valence-corrected chi connectivity index (χ2v) is 4.43. The smallest absolute Gasteiger partial charge is 0.222 e. The van der Waals surface area contributed by atoms with Gasteiger partial charge in [0.25, 0.3) is 0 Å². The summed E-state index contributed by atoms with van der Waals surface area (Å²) < 4.78 is 0. The first-order chi connectivity index (χ1) is 8.11. The molecule has 0 radical (unpaired) electrons. The second kappa shape index (κ2) is 6.36. The van der Waals surface area contributed by atoms with E-state index in [4.69, 9.17) is 23.1 Å². The molecule has 0 bridgehead atoms. The van der Waals surface area contributed by atoms with Crippen molar-refractivity contribution in [2.75, 3.05) is 11.5 Å². The second-order valence-electron chi connectivity index (χ2n) is 3.43. The van der Waals surface area contributed by atoms with Crippen LogP contribution in [0.3, 0.4) is 0 Å². The number of benzene rings is 1. The van der Waals surface area contributed by atoms with Gasteiger partial charge < -0.3 is 11.5 Å². The Morgan fingerprint density at radius 1 is 1.11 bits per heavy atom. The Morgan fingerprint density at radius 3 is 2.28 bits per heavy atom. The van der Waals surface area contributed by atoms with E-state index < -0.39 is 0 Å². The number of hydrogen-bond acceptors (Lipinski definition) is 4. The van der Waals surface area contributed by atoms with Crippen LogP contribution < -0.4 is 11.5 Å². The highest BCUT2D eigenvalue weighted by Crippen LogP contribution is 2.30. The molecule has 0 unspecified atom stereocenters. The molecule has 0 aliphatic heterocycles. The van der Waals surface area contributed by atoms with Crippen LogP contribution in [0.25, 0.3) is 11.1 Å². The molecule has 2 rings (SSSR count). The summed E-state index contributed by atoms with van der Waals surface area (Å²) in [5.41, 5.74) is 13.9. The highest BCUT2D eigenvalue weighted by Gasteiger charge is 2.12. The number of halogens is 3. The Hall–Kier alpha value is -0.850. The van der Waals surface area contributed by atoms with E-state index in [2.05, 4.69) is 25.9 Å². The van der Waals surface area contributed by atoms with Crippen LogP contribution in [-0.4, -0.2) is 9.97 Å². The molecule has 0 aliphatic carbocycles.